The van der Waals surface area contributed by atoms with E-state index in [0.717, 1.165) is 5.69 Å². The second kappa shape index (κ2) is 5.48. The van der Waals surface area contributed by atoms with E-state index in [2.05, 4.69) is 11.6 Å². The number of hydrogen-bond acceptors (Lipinski definition) is 3. The van der Waals surface area contributed by atoms with Crippen molar-refractivity contribution in [1.29, 1.82) is 0 Å². The lowest BCUT2D eigenvalue weighted by Gasteiger charge is -2.27. The van der Waals surface area contributed by atoms with Crippen LogP contribution in [0.25, 0.3) is 0 Å². The van der Waals surface area contributed by atoms with Gasteiger partial charge in [0.1, 0.15) is 11.4 Å². The Morgan fingerprint density at radius 3 is 2.71 bits per heavy atom. The first kappa shape index (κ1) is 13.2. The number of pyridine rings is 1. The molecule has 1 rings (SSSR count). The van der Waals surface area contributed by atoms with Gasteiger partial charge in [0.05, 0.1) is 0 Å². The molecular weight excluding hydrogens is 216 g/mol. The lowest BCUT2D eigenvalue weighted by Crippen LogP contribution is -2.33. The third kappa shape index (κ3) is 3.06. The molecular formula is C13H18N2O2. The van der Waals surface area contributed by atoms with Crippen molar-refractivity contribution in [1.82, 2.24) is 4.98 Å². The highest BCUT2D eigenvalue weighted by Crippen LogP contribution is 2.20. The van der Waals surface area contributed by atoms with Crippen LogP contribution in [0.4, 0.5) is 5.82 Å². The first-order valence-electron chi connectivity index (χ1n) is 5.55. The van der Waals surface area contributed by atoms with Gasteiger partial charge in [-0.3, -0.25) is 0 Å². The van der Waals surface area contributed by atoms with Crippen molar-refractivity contribution in [3.8, 4) is 0 Å². The zero-order valence-electron chi connectivity index (χ0n) is 10.5. The number of aryl methyl sites for hydroxylation is 1. The Labute approximate surface area is 102 Å². The molecule has 1 heterocycles. The molecule has 0 fully saturated rings. The normalized spacial score (nSPS) is 10.4. The number of aromatic carboxylic acids is 1. The van der Waals surface area contributed by atoms with E-state index in [1.165, 1.54) is 0 Å². The fourth-order valence-electron chi connectivity index (χ4n) is 1.61. The molecule has 0 saturated heterocycles. The van der Waals surface area contributed by atoms with E-state index in [4.69, 9.17) is 5.11 Å². The number of carboxylic acids is 1. The summed E-state index contributed by atoms with van der Waals surface area (Å²) in [4.78, 5) is 17.4. The van der Waals surface area contributed by atoms with Crippen LogP contribution in [0.3, 0.4) is 0 Å². The van der Waals surface area contributed by atoms with Gasteiger partial charge in [0.25, 0.3) is 0 Å². The number of carbonyl (C=O) groups is 1. The Morgan fingerprint density at radius 2 is 2.24 bits per heavy atom. The molecule has 0 amide bonds. The van der Waals surface area contributed by atoms with Crippen molar-refractivity contribution < 1.29 is 9.90 Å². The number of aromatic nitrogens is 1. The Kier molecular flexibility index (Phi) is 4.26. The third-order valence-corrected chi connectivity index (χ3v) is 2.47. The molecule has 1 aromatic heterocycles. The average Bonchev–Trinajstić information content (AvgIpc) is 2.24. The zero-order valence-corrected chi connectivity index (χ0v) is 10.5. The minimum atomic E-state index is -0.956. The average molecular weight is 234 g/mol. The summed E-state index contributed by atoms with van der Waals surface area (Å²) in [5.41, 5.74) is 1.03. The van der Waals surface area contributed by atoms with Crippen molar-refractivity contribution in [2.75, 3.05) is 11.4 Å². The molecule has 0 aliphatic heterocycles. The maximum Gasteiger partial charge on any atom is 0.339 e. The molecule has 1 aromatic rings. The second-order valence-corrected chi connectivity index (χ2v) is 4.16. The van der Waals surface area contributed by atoms with Crippen LogP contribution < -0.4 is 4.90 Å². The van der Waals surface area contributed by atoms with Gasteiger partial charge in [0.2, 0.25) is 0 Å². The van der Waals surface area contributed by atoms with Crippen LogP contribution in [-0.2, 0) is 0 Å². The molecule has 17 heavy (non-hydrogen) atoms. The summed E-state index contributed by atoms with van der Waals surface area (Å²) in [6.45, 7) is 10.1. The molecule has 0 unspecified atom stereocenters. The minimum Gasteiger partial charge on any atom is -0.478 e. The fraction of sp³-hybridized carbons (Fsp3) is 0.385. The van der Waals surface area contributed by atoms with Crippen LogP contribution in [0.15, 0.2) is 24.8 Å². The molecule has 92 valence electrons. The van der Waals surface area contributed by atoms with Crippen LogP contribution in [0.1, 0.15) is 29.9 Å². The molecule has 0 radical (unpaired) electrons. The monoisotopic (exact) mass is 234 g/mol. The maximum atomic E-state index is 11.2. The van der Waals surface area contributed by atoms with Gasteiger partial charge >= 0.3 is 5.97 Å². The molecule has 0 aromatic carbocycles. The van der Waals surface area contributed by atoms with Crippen molar-refractivity contribution in [2.45, 2.75) is 26.8 Å². The minimum absolute atomic E-state index is 0.167. The summed E-state index contributed by atoms with van der Waals surface area (Å²) < 4.78 is 0. The molecule has 0 saturated carbocycles. The molecule has 1 N–H and O–H groups in total. The molecule has 0 bridgehead atoms. The van der Waals surface area contributed by atoms with Crippen molar-refractivity contribution in [2.24, 2.45) is 0 Å². The first-order chi connectivity index (χ1) is 7.97. The summed E-state index contributed by atoms with van der Waals surface area (Å²) in [6.07, 6.45) is 1.75. The quantitative estimate of drug-likeness (QED) is 0.795. The van der Waals surface area contributed by atoms with Crippen molar-refractivity contribution in [3.05, 3.63) is 36.0 Å². The molecule has 0 aliphatic rings. The number of rotatable bonds is 5. The van der Waals surface area contributed by atoms with E-state index in [0.29, 0.717) is 12.4 Å². The SMILES string of the molecule is C=CCN(c1nc(C)ccc1C(=O)O)C(C)C. The molecule has 0 aliphatic carbocycles. The van der Waals surface area contributed by atoms with E-state index in [-0.39, 0.29) is 11.6 Å². The number of hydrogen-bond donors (Lipinski definition) is 1. The van der Waals surface area contributed by atoms with Gasteiger partial charge in [-0.05, 0) is 32.9 Å². The Morgan fingerprint density at radius 1 is 1.59 bits per heavy atom. The van der Waals surface area contributed by atoms with E-state index < -0.39 is 5.97 Å². The van der Waals surface area contributed by atoms with Gasteiger partial charge in [0.15, 0.2) is 0 Å². The fourth-order valence-corrected chi connectivity index (χ4v) is 1.61. The van der Waals surface area contributed by atoms with Gasteiger partial charge < -0.3 is 10.0 Å². The van der Waals surface area contributed by atoms with E-state index >= 15 is 0 Å². The van der Waals surface area contributed by atoms with Gasteiger partial charge in [-0.1, -0.05) is 6.08 Å². The lowest BCUT2D eigenvalue weighted by molar-refractivity contribution is 0.0697. The first-order valence-corrected chi connectivity index (χ1v) is 5.55. The predicted molar refractivity (Wildman–Crippen MR) is 68.6 cm³/mol. The summed E-state index contributed by atoms with van der Waals surface area (Å²) in [5.74, 6) is -0.449. The number of carboxylic acid groups (broad SMARTS) is 1. The Bertz CT molecular complexity index is 427. The van der Waals surface area contributed by atoms with Crippen molar-refractivity contribution >= 4 is 11.8 Å². The second-order valence-electron chi connectivity index (χ2n) is 4.16. The van der Waals surface area contributed by atoms with Crippen LogP contribution in [-0.4, -0.2) is 28.6 Å². The van der Waals surface area contributed by atoms with Gasteiger partial charge in [-0.25, -0.2) is 9.78 Å². The molecule has 0 atom stereocenters. The Hall–Kier alpha value is -1.84. The van der Waals surface area contributed by atoms with E-state index in [1.807, 2.05) is 25.7 Å². The van der Waals surface area contributed by atoms with Gasteiger partial charge in [0, 0.05) is 18.3 Å². The summed E-state index contributed by atoms with van der Waals surface area (Å²) in [6, 6.07) is 3.47. The Balaban J connectivity index is 3.28. The van der Waals surface area contributed by atoms with Crippen LogP contribution in [0.2, 0.25) is 0 Å². The van der Waals surface area contributed by atoms with E-state index in [1.54, 1.807) is 18.2 Å². The standard InChI is InChI=1S/C13H18N2O2/c1-5-8-15(9(2)3)12-11(13(16)17)7-6-10(4)14-12/h5-7,9H,1,8H2,2-4H3,(H,16,17). The highest BCUT2D eigenvalue weighted by Gasteiger charge is 2.19. The number of anilines is 1. The smallest absolute Gasteiger partial charge is 0.339 e. The third-order valence-electron chi connectivity index (χ3n) is 2.47. The van der Waals surface area contributed by atoms with Crippen molar-refractivity contribution in [3.63, 3.8) is 0 Å². The predicted octanol–water partition coefficient (Wildman–Crippen LogP) is 2.49. The maximum absolute atomic E-state index is 11.2. The van der Waals surface area contributed by atoms with Crippen LogP contribution in [0, 0.1) is 6.92 Å². The number of nitrogens with zero attached hydrogens (tertiary/aromatic N) is 2. The summed E-state index contributed by atoms with van der Waals surface area (Å²) >= 11 is 0. The zero-order chi connectivity index (χ0) is 13.0. The topological polar surface area (TPSA) is 53.4 Å². The van der Waals surface area contributed by atoms with Gasteiger partial charge in [-0.2, -0.15) is 0 Å². The van der Waals surface area contributed by atoms with Crippen LogP contribution >= 0.6 is 0 Å². The summed E-state index contributed by atoms with van der Waals surface area (Å²) in [5, 5.41) is 9.16. The van der Waals surface area contributed by atoms with E-state index in [9.17, 15) is 4.79 Å². The molecule has 4 nitrogen and oxygen atoms in total. The lowest BCUT2D eigenvalue weighted by atomic mass is 10.2. The largest absolute Gasteiger partial charge is 0.478 e. The van der Waals surface area contributed by atoms with Gasteiger partial charge in [-0.15, -0.1) is 6.58 Å². The molecule has 0 spiro atoms. The highest BCUT2D eigenvalue weighted by molar-refractivity contribution is 5.93. The summed E-state index contributed by atoms with van der Waals surface area (Å²) in [7, 11) is 0. The van der Waals surface area contributed by atoms with Crippen LogP contribution in [0.5, 0.6) is 0 Å². The highest BCUT2D eigenvalue weighted by atomic mass is 16.4. The molecule has 4 heteroatoms.